The quantitative estimate of drug-likeness (QED) is 0.394. The summed E-state index contributed by atoms with van der Waals surface area (Å²) in [5.74, 6) is 1.37. The maximum Gasteiger partial charge on any atom is 0.254 e. The Balaban J connectivity index is 1.70. The number of ether oxygens (including phenoxy) is 1. The van der Waals surface area contributed by atoms with Gasteiger partial charge >= 0.3 is 0 Å². The van der Waals surface area contributed by atoms with E-state index in [2.05, 4.69) is 16.8 Å². The Morgan fingerprint density at radius 1 is 1.21 bits per heavy atom. The summed E-state index contributed by atoms with van der Waals surface area (Å²) in [6, 6.07) is 15.2. The summed E-state index contributed by atoms with van der Waals surface area (Å²) in [5, 5.41) is 8.31. The number of likely N-dealkylation sites (tertiary alicyclic amines) is 1. The van der Waals surface area contributed by atoms with Gasteiger partial charge in [-0.3, -0.25) is 9.59 Å². The number of nitrogens with two attached hydrogens (primary N) is 1. The molecule has 1 unspecified atom stereocenters. The van der Waals surface area contributed by atoms with Crippen molar-refractivity contribution in [3.63, 3.8) is 0 Å². The van der Waals surface area contributed by atoms with Crippen molar-refractivity contribution >= 4 is 17.6 Å². The van der Waals surface area contributed by atoms with E-state index >= 15 is 0 Å². The predicted octanol–water partition coefficient (Wildman–Crippen LogP) is 4.07. The minimum Gasteiger partial charge on any atom is -0.457 e. The Morgan fingerprint density at radius 2 is 1.95 bits per heavy atom. The maximum absolute atomic E-state index is 12.8. The highest BCUT2D eigenvalue weighted by Gasteiger charge is 2.30. The molecular weight excluding hydrogens is 480 g/mol. The fourth-order valence-corrected chi connectivity index (χ4v) is 4.66. The number of nitrogens with zero attached hydrogens (tertiary/aromatic N) is 4. The van der Waals surface area contributed by atoms with Crippen LogP contribution in [-0.2, 0) is 4.79 Å². The third-order valence-corrected chi connectivity index (χ3v) is 6.69. The van der Waals surface area contributed by atoms with E-state index in [1.165, 1.54) is 6.08 Å². The van der Waals surface area contributed by atoms with Gasteiger partial charge in [0.25, 0.3) is 5.91 Å². The first-order valence-corrected chi connectivity index (χ1v) is 12.8. The molecule has 3 aromatic rings. The second kappa shape index (κ2) is 12.0. The number of primary amides is 1. The van der Waals surface area contributed by atoms with Crippen molar-refractivity contribution in [3.05, 3.63) is 72.3 Å². The van der Waals surface area contributed by atoms with Crippen molar-refractivity contribution in [2.45, 2.75) is 25.8 Å². The maximum atomic E-state index is 12.8. The average Bonchev–Trinajstić information content (AvgIpc) is 3.29. The number of aryl methyl sites for hydroxylation is 1. The molecule has 1 atom stereocenters. The molecule has 2 amide bonds. The normalized spacial score (nSPS) is 15.4. The number of aromatic nitrogens is 2. The van der Waals surface area contributed by atoms with Crippen LogP contribution >= 0.6 is 0 Å². The molecule has 1 aliphatic heterocycles. The largest absolute Gasteiger partial charge is 0.457 e. The van der Waals surface area contributed by atoms with Gasteiger partial charge in [-0.25, -0.2) is 4.68 Å². The second-order valence-corrected chi connectivity index (χ2v) is 9.79. The Morgan fingerprint density at radius 3 is 2.61 bits per heavy atom. The first-order chi connectivity index (χ1) is 18.3. The molecule has 0 saturated carbocycles. The number of para-hydroxylation sites is 1. The number of likely N-dealkylation sites (N-methyl/N-ethyl adjacent to an activating group) is 1. The van der Waals surface area contributed by atoms with Crippen molar-refractivity contribution in [2.75, 3.05) is 45.6 Å². The molecule has 1 fully saturated rings. The van der Waals surface area contributed by atoms with E-state index in [0.717, 1.165) is 36.3 Å². The highest BCUT2D eigenvalue weighted by atomic mass is 16.5. The number of rotatable bonds is 10. The lowest BCUT2D eigenvalue weighted by molar-refractivity contribution is -0.127. The highest BCUT2D eigenvalue weighted by molar-refractivity contribution is 6.03. The zero-order valence-corrected chi connectivity index (χ0v) is 22.3. The van der Waals surface area contributed by atoms with Gasteiger partial charge in [0.15, 0.2) is 0 Å². The van der Waals surface area contributed by atoms with E-state index < -0.39 is 5.91 Å². The van der Waals surface area contributed by atoms with Gasteiger partial charge < -0.3 is 25.6 Å². The molecule has 0 spiro atoms. The van der Waals surface area contributed by atoms with Gasteiger partial charge in [0.1, 0.15) is 28.6 Å². The van der Waals surface area contributed by atoms with Crippen LogP contribution in [0.4, 0.5) is 5.82 Å². The van der Waals surface area contributed by atoms with Gasteiger partial charge in [0.05, 0.1) is 6.04 Å². The molecule has 0 aliphatic carbocycles. The average molecular weight is 517 g/mol. The van der Waals surface area contributed by atoms with Crippen LogP contribution in [0, 0.1) is 6.92 Å². The van der Waals surface area contributed by atoms with Crippen LogP contribution in [0.1, 0.15) is 34.8 Å². The van der Waals surface area contributed by atoms with E-state index in [9.17, 15) is 9.59 Å². The summed E-state index contributed by atoms with van der Waals surface area (Å²) in [6.07, 6.45) is 2.99. The number of nitrogens with one attached hydrogen (secondary N) is 1. The lowest BCUT2D eigenvalue weighted by Crippen LogP contribution is -2.40. The summed E-state index contributed by atoms with van der Waals surface area (Å²) >= 11 is 0. The number of carbonyl (C=O) groups is 2. The summed E-state index contributed by atoms with van der Waals surface area (Å²) in [7, 11) is 3.97. The fraction of sp³-hybridized carbons (Fsp3) is 0.345. The minimum atomic E-state index is -0.561. The first-order valence-electron chi connectivity index (χ1n) is 12.8. The molecule has 200 valence electrons. The standard InChI is InChI=1S/C29H36N6O3/c1-5-25(36)34-17-8-10-22(19-34)35-29(31-16-18-33(3)4)26(28(30)37)27(32-35)21-12-14-23(15-13-21)38-24-11-7-6-9-20(24)2/h5-7,9,11-15,22,31H,1,8,10,16-19H2,2-4H3,(H2,30,37). The lowest BCUT2D eigenvalue weighted by atomic mass is 10.0. The smallest absolute Gasteiger partial charge is 0.254 e. The van der Waals surface area contributed by atoms with Crippen LogP contribution in [0.15, 0.2) is 61.2 Å². The zero-order valence-electron chi connectivity index (χ0n) is 22.3. The number of carbonyl (C=O) groups excluding carboxylic acids is 2. The zero-order chi connectivity index (χ0) is 27.2. The van der Waals surface area contributed by atoms with Crippen LogP contribution in [0.5, 0.6) is 11.5 Å². The fourth-order valence-electron chi connectivity index (χ4n) is 4.66. The van der Waals surface area contributed by atoms with Gasteiger partial charge in [-0.2, -0.15) is 5.10 Å². The summed E-state index contributed by atoms with van der Waals surface area (Å²) in [4.78, 5) is 28.9. The lowest BCUT2D eigenvalue weighted by Gasteiger charge is -2.33. The third-order valence-electron chi connectivity index (χ3n) is 6.69. The van der Waals surface area contributed by atoms with E-state index in [4.69, 9.17) is 15.6 Å². The van der Waals surface area contributed by atoms with E-state index in [-0.39, 0.29) is 11.9 Å². The van der Waals surface area contributed by atoms with Crippen molar-refractivity contribution < 1.29 is 14.3 Å². The molecule has 1 aliphatic rings. The summed E-state index contributed by atoms with van der Waals surface area (Å²) in [6.45, 7) is 8.13. The summed E-state index contributed by atoms with van der Waals surface area (Å²) in [5.41, 5.74) is 8.55. The molecule has 38 heavy (non-hydrogen) atoms. The number of amides is 2. The van der Waals surface area contributed by atoms with Gasteiger partial charge in [-0.1, -0.05) is 24.8 Å². The molecule has 2 aromatic carbocycles. The molecule has 2 heterocycles. The molecule has 9 nitrogen and oxygen atoms in total. The van der Waals surface area contributed by atoms with Crippen LogP contribution in [0.25, 0.3) is 11.3 Å². The van der Waals surface area contributed by atoms with Crippen LogP contribution in [0.2, 0.25) is 0 Å². The number of benzene rings is 2. The Bertz CT molecular complexity index is 1300. The monoisotopic (exact) mass is 516 g/mol. The number of piperidine rings is 1. The van der Waals surface area contributed by atoms with Gasteiger partial charge in [-0.05, 0) is 75.8 Å². The third kappa shape index (κ3) is 6.06. The summed E-state index contributed by atoms with van der Waals surface area (Å²) < 4.78 is 7.88. The molecule has 9 heteroatoms. The Hall–Kier alpha value is -4.11. The minimum absolute atomic E-state index is 0.106. The number of hydrogen-bond donors (Lipinski definition) is 2. The first kappa shape index (κ1) is 26.9. The topological polar surface area (TPSA) is 106 Å². The van der Waals surface area contributed by atoms with Gasteiger partial charge in [0, 0.05) is 31.7 Å². The van der Waals surface area contributed by atoms with Crippen LogP contribution in [-0.4, -0.2) is 71.7 Å². The molecule has 4 rings (SSSR count). The van der Waals surface area contributed by atoms with Crippen molar-refractivity contribution in [2.24, 2.45) is 5.73 Å². The molecular formula is C29H36N6O3. The Labute approximate surface area is 223 Å². The van der Waals surface area contributed by atoms with Crippen molar-refractivity contribution in [1.82, 2.24) is 19.6 Å². The van der Waals surface area contributed by atoms with Gasteiger partial charge in [0.2, 0.25) is 5.91 Å². The number of anilines is 1. The van der Waals surface area contributed by atoms with E-state index in [1.807, 2.05) is 74.2 Å². The van der Waals surface area contributed by atoms with Crippen molar-refractivity contribution in [1.29, 1.82) is 0 Å². The molecule has 0 bridgehead atoms. The predicted molar refractivity (Wildman–Crippen MR) is 150 cm³/mol. The Kier molecular flexibility index (Phi) is 8.48. The number of hydrogen-bond acceptors (Lipinski definition) is 6. The van der Waals surface area contributed by atoms with E-state index in [0.29, 0.717) is 42.5 Å². The molecule has 0 radical (unpaired) electrons. The molecule has 1 saturated heterocycles. The van der Waals surface area contributed by atoms with Crippen LogP contribution < -0.4 is 15.8 Å². The van der Waals surface area contributed by atoms with Crippen LogP contribution in [0.3, 0.4) is 0 Å². The van der Waals surface area contributed by atoms with Gasteiger partial charge in [-0.15, -0.1) is 0 Å². The SMILES string of the molecule is C=CC(=O)N1CCCC(n2nc(-c3ccc(Oc4ccccc4C)cc3)c(C(N)=O)c2NCCN(C)C)C1. The highest BCUT2D eigenvalue weighted by Crippen LogP contribution is 2.35. The molecule has 1 aromatic heterocycles. The van der Waals surface area contributed by atoms with Crippen molar-refractivity contribution in [3.8, 4) is 22.8 Å². The molecule has 3 N–H and O–H groups in total. The second-order valence-electron chi connectivity index (χ2n) is 9.79. The van der Waals surface area contributed by atoms with E-state index in [1.54, 1.807) is 4.90 Å².